The van der Waals surface area contributed by atoms with Crippen molar-refractivity contribution in [2.75, 3.05) is 30.8 Å². The molecule has 5 nitrogen and oxygen atoms in total. The predicted molar refractivity (Wildman–Crippen MR) is 72.6 cm³/mol. The number of esters is 1. The lowest BCUT2D eigenvalue weighted by molar-refractivity contribution is -0.148. The first-order valence-corrected chi connectivity index (χ1v) is 6.73. The van der Waals surface area contributed by atoms with Gasteiger partial charge in [-0.2, -0.15) is 0 Å². The van der Waals surface area contributed by atoms with E-state index >= 15 is 0 Å². The number of piperidine rings is 1. The number of nitrogens with two attached hydrogens (primary N) is 1. The first kappa shape index (κ1) is 12.3. The maximum Gasteiger partial charge on any atom is 0.309 e. The van der Waals surface area contributed by atoms with Gasteiger partial charge in [-0.15, -0.1) is 0 Å². The van der Waals surface area contributed by atoms with Crippen molar-refractivity contribution in [3.05, 3.63) is 18.3 Å². The summed E-state index contributed by atoms with van der Waals surface area (Å²) >= 11 is 0. The zero-order valence-electron chi connectivity index (χ0n) is 11.1. The third kappa shape index (κ3) is 2.13. The molecule has 0 radical (unpaired) electrons. The summed E-state index contributed by atoms with van der Waals surface area (Å²) in [6, 6.07) is 3.82. The second-order valence-electron chi connectivity index (χ2n) is 5.50. The molecule has 102 valence electrons. The SMILES string of the molecule is COC(=O)C1C2CCC1CN(c1ccc(N)cn1)C2. The van der Waals surface area contributed by atoms with E-state index in [4.69, 9.17) is 10.5 Å². The van der Waals surface area contributed by atoms with Gasteiger partial charge in [-0.05, 0) is 36.8 Å². The van der Waals surface area contributed by atoms with Gasteiger partial charge in [-0.3, -0.25) is 4.79 Å². The number of pyridine rings is 1. The van der Waals surface area contributed by atoms with Crippen LogP contribution in [-0.4, -0.2) is 31.2 Å². The molecule has 2 bridgehead atoms. The Bertz CT molecular complexity index is 460. The number of nitrogen functional groups attached to an aromatic ring is 1. The first-order chi connectivity index (χ1) is 9.19. The number of anilines is 2. The highest BCUT2D eigenvalue weighted by Gasteiger charge is 2.46. The smallest absolute Gasteiger partial charge is 0.309 e. The fourth-order valence-electron chi connectivity index (χ4n) is 3.52. The molecule has 5 heteroatoms. The molecule has 2 aliphatic rings. The average molecular weight is 261 g/mol. The van der Waals surface area contributed by atoms with E-state index in [0.29, 0.717) is 17.5 Å². The van der Waals surface area contributed by atoms with Crippen molar-refractivity contribution in [1.29, 1.82) is 0 Å². The van der Waals surface area contributed by atoms with Gasteiger partial charge in [0, 0.05) is 13.1 Å². The molecule has 2 atom stereocenters. The molecular formula is C14H19N3O2. The molecule has 0 amide bonds. The first-order valence-electron chi connectivity index (χ1n) is 6.73. The third-order valence-electron chi connectivity index (χ3n) is 4.40. The lowest BCUT2D eigenvalue weighted by Crippen LogP contribution is -2.45. The standard InChI is InChI=1S/C14H19N3O2/c1-19-14(18)13-9-2-3-10(13)8-17(7-9)12-5-4-11(15)6-16-12/h4-6,9-10,13H,2-3,7-8,15H2,1H3. The Kier molecular flexibility index (Phi) is 3.05. The van der Waals surface area contributed by atoms with Gasteiger partial charge in [-0.1, -0.05) is 0 Å². The van der Waals surface area contributed by atoms with Crippen molar-refractivity contribution in [3.8, 4) is 0 Å². The number of aromatic nitrogens is 1. The van der Waals surface area contributed by atoms with Gasteiger partial charge >= 0.3 is 5.97 Å². The minimum Gasteiger partial charge on any atom is -0.469 e. The highest BCUT2D eigenvalue weighted by Crippen LogP contribution is 2.43. The number of hydrogen-bond acceptors (Lipinski definition) is 5. The molecule has 1 aliphatic heterocycles. The summed E-state index contributed by atoms with van der Waals surface area (Å²) in [5, 5.41) is 0. The van der Waals surface area contributed by atoms with E-state index in [-0.39, 0.29) is 11.9 Å². The number of hydrogen-bond donors (Lipinski definition) is 1. The van der Waals surface area contributed by atoms with Crippen molar-refractivity contribution in [2.45, 2.75) is 12.8 Å². The Balaban J connectivity index is 1.77. The molecule has 2 heterocycles. The summed E-state index contributed by atoms with van der Waals surface area (Å²) < 4.78 is 4.94. The number of rotatable bonds is 2. The van der Waals surface area contributed by atoms with E-state index < -0.39 is 0 Å². The van der Waals surface area contributed by atoms with Gasteiger partial charge in [0.1, 0.15) is 5.82 Å². The van der Waals surface area contributed by atoms with Gasteiger partial charge in [0.15, 0.2) is 0 Å². The van der Waals surface area contributed by atoms with Gasteiger partial charge in [0.25, 0.3) is 0 Å². The van der Waals surface area contributed by atoms with Crippen molar-refractivity contribution >= 4 is 17.5 Å². The number of fused-ring (bicyclic) bond motifs is 2. The lowest BCUT2D eigenvalue weighted by atomic mass is 9.85. The van der Waals surface area contributed by atoms with Crippen molar-refractivity contribution in [3.63, 3.8) is 0 Å². The number of carbonyl (C=O) groups is 1. The van der Waals surface area contributed by atoms with Crippen LogP contribution in [0.4, 0.5) is 11.5 Å². The van der Waals surface area contributed by atoms with Gasteiger partial charge < -0.3 is 15.4 Å². The van der Waals surface area contributed by atoms with E-state index in [9.17, 15) is 4.79 Å². The van der Waals surface area contributed by atoms with Crippen LogP contribution in [0.25, 0.3) is 0 Å². The van der Waals surface area contributed by atoms with E-state index in [0.717, 1.165) is 31.7 Å². The normalized spacial score (nSPS) is 29.3. The molecular weight excluding hydrogens is 242 g/mol. The number of methoxy groups -OCH3 is 1. The Morgan fingerprint density at radius 2 is 2.05 bits per heavy atom. The van der Waals surface area contributed by atoms with Crippen LogP contribution in [0.5, 0.6) is 0 Å². The molecule has 2 fully saturated rings. The molecule has 0 aromatic carbocycles. The summed E-state index contributed by atoms with van der Waals surface area (Å²) in [5.74, 6) is 1.78. The van der Waals surface area contributed by atoms with Crippen LogP contribution in [0.3, 0.4) is 0 Å². The van der Waals surface area contributed by atoms with Gasteiger partial charge in [0.05, 0.1) is 24.9 Å². The van der Waals surface area contributed by atoms with Crippen molar-refractivity contribution in [1.82, 2.24) is 4.98 Å². The maximum atomic E-state index is 11.8. The van der Waals surface area contributed by atoms with Crippen LogP contribution in [0.2, 0.25) is 0 Å². The van der Waals surface area contributed by atoms with Gasteiger partial charge in [-0.25, -0.2) is 4.98 Å². The van der Waals surface area contributed by atoms with Crippen LogP contribution in [-0.2, 0) is 9.53 Å². The third-order valence-corrected chi connectivity index (χ3v) is 4.40. The average Bonchev–Trinajstić information content (AvgIpc) is 2.69. The van der Waals surface area contributed by atoms with Gasteiger partial charge in [0.2, 0.25) is 0 Å². The summed E-state index contributed by atoms with van der Waals surface area (Å²) in [4.78, 5) is 18.5. The van der Waals surface area contributed by atoms with E-state index in [1.54, 1.807) is 6.20 Å². The number of ether oxygens (including phenoxy) is 1. The molecule has 1 aromatic heterocycles. The largest absolute Gasteiger partial charge is 0.469 e. The Hall–Kier alpha value is -1.78. The fourth-order valence-corrected chi connectivity index (χ4v) is 3.52. The van der Waals surface area contributed by atoms with Crippen LogP contribution in [0.1, 0.15) is 12.8 Å². The zero-order chi connectivity index (χ0) is 13.4. The Morgan fingerprint density at radius 1 is 1.37 bits per heavy atom. The lowest BCUT2D eigenvalue weighted by Gasteiger charge is -2.37. The zero-order valence-corrected chi connectivity index (χ0v) is 11.1. The number of carbonyl (C=O) groups excluding carboxylic acids is 1. The second-order valence-corrected chi connectivity index (χ2v) is 5.50. The van der Waals surface area contributed by atoms with Crippen LogP contribution < -0.4 is 10.6 Å². The molecule has 19 heavy (non-hydrogen) atoms. The van der Waals surface area contributed by atoms with Crippen molar-refractivity contribution < 1.29 is 9.53 Å². The highest BCUT2D eigenvalue weighted by molar-refractivity contribution is 5.74. The van der Waals surface area contributed by atoms with Crippen LogP contribution in [0.15, 0.2) is 18.3 Å². The minimum atomic E-state index is -0.0441. The second kappa shape index (κ2) is 4.72. The Labute approximate surface area is 112 Å². The summed E-state index contributed by atoms with van der Waals surface area (Å²) in [6.07, 6.45) is 3.90. The topological polar surface area (TPSA) is 68.5 Å². The molecule has 1 saturated carbocycles. The molecule has 2 unspecified atom stereocenters. The molecule has 1 aromatic rings. The summed E-state index contributed by atoms with van der Waals surface area (Å²) in [6.45, 7) is 1.76. The highest BCUT2D eigenvalue weighted by atomic mass is 16.5. The summed E-state index contributed by atoms with van der Waals surface area (Å²) in [5.41, 5.74) is 6.34. The maximum absolute atomic E-state index is 11.8. The van der Waals surface area contributed by atoms with Crippen molar-refractivity contribution in [2.24, 2.45) is 17.8 Å². The molecule has 0 spiro atoms. The predicted octanol–water partition coefficient (Wildman–Crippen LogP) is 1.30. The number of nitrogens with zero attached hydrogens (tertiary/aromatic N) is 2. The molecule has 1 saturated heterocycles. The molecule has 2 N–H and O–H groups in total. The van der Waals surface area contributed by atoms with E-state index in [1.807, 2.05) is 12.1 Å². The van der Waals surface area contributed by atoms with Crippen LogP contribution in [0, 0.1) is 17.8 Å². The van der Waals surface area contributed by atoms with E-state index in [1.165, 1.54) is 7.11 Å². The quantitative estimate of drug-likeness (QED) is 0.813. The van der Waals surface area contributed by atoms with Crippen LogP contribution >= 0.6 is 0 Å². The fraction of sp³-hybridized carbons (Fsp3) is 0.571. The molecule has 1 aliphatic carbocycles. The monoisotopic (exact) mass is 261 g/mol. The van der Waals surface area contributed by atoms with E-state index in [2.05, 4.69) is 9.88 Å². The molecule has 3 rings (SSSR count). The minimum absolute atomic E-state index is 0.0441. The summed E-state index contributed by atoms with van der Waals surface area (Å²) in [7, 11) is 1.48. The Morgan fingerprint density at radius 3 is 2.58 bits per heavy atom.